The van der Waals surface area contributed by atoms with Gasteiger partial charge in [0.1, 0.15) is 5.78 Å². The van der Waals surface area contributed by atoms with Crippen LogP contribution in [0.1, 0.15) is 71.1 Å². The maximum absolute atomic E-state index is 11.7. The van der Waals surface area contributed by atoms with Crippen molar-refractivity contribution in [1.82, 2.24) is 0 Å². The molecule has 2 aliphatic carbocycles. The third-order valence-corrected chi connectivity index (χ3v) is 4.25. The molecule has 0 aromatic rings. The van der Waals surface area contributed by atoms with Crippen LogP contribution in [0.25, 0.3) is 0 Å². The summed E-state index contributed by atoms with van der Waals surface area (Å²) in [4.78, 5) is 11.7. The van der Waals surface area contributed by atoms with Gasteiger partial charge in [-0.2, -0.15) is 0 Å². The molecule has 0 N–H and O–H groups in total. The minimum Gasteiger partial charge on any atom is -0.299 e. The molecule has 0 heterocycles. The molecule has 0 unspecified atom stereocenters. The Bertz CT molecular complexity index is 225. The molecule has 2 aliphatic rings. The topological polar surface area (TPSA) is 17.1 Å². The first-order chi connectivity index (χ1) is 7.29. The highest BCUT2D eigenvalue weighted by molar-refractivity contribution is 5.91. The Morgan fingerprint density at radius 2 is 1.60 bits per heavy atom. The van der Waals surface area contributed by atoms with E-state index in [2.05, 4.69) is 6.92 Å². The Balaban J connectivity index is 1.40. The van der Waals surface area contributed by atoms with Crippen LogP contribution >= 0.6 is 0 Å². The highest BCUT2D eigenvalue weighted by atomic mass is 16.1. The molecule has 1 nitrogen and oxygen atoms in total. The second-order valence-corrected chi connectivity index (χ2v) is 5.56. The zero-order valence-electron chi connectivity index (χ0n) is 10.1. The van der Waals surface area contributed by atoms with Crippen molar-refractivity contribution in [3.8, 4) is 0 Å². The van der Waals surface area contributed by atoms with Gasteiger partial charge < -0.3 is 0 Å². The molecule has 15 heavy (non-hydrogen) atoms. The smallest absolute Gasteiger partial charge is 0.139 e. The lowest BCUT2D eigenvalue weighted by molar-refractivity contribution is -0.122. The van der Waals surface area contributed by atoms with Crippen LogP contribution in [0.5, 0.6) is 0 Å². The van der Waals surface area contributed by atoms with Gasteiger partial charge in [0.25, 0.3) is 0 Å². The number of ketones is 1. The van der Waals surface area contributed by atoms with Gasteiger partial charge in [0, 0.05) is 11.8 Å². The van der Waals surface area contributed by atoms with Crippen LogP contribution in [0.2, 0.25) is 0 Å². The van der Waals surface area contributed by atoms with Crippen molar-refractivity contribution in [3.63, 3.8) is 0 Å². The fourth-order valence-corrected chi connectivity index (χ4v) is 2.65. The summed E-state index contributed by atoms with van der Waals surface area (Å²) in [7, 11) is 0. The van der Waals surface area contributed by atoms with E-state index in [-0.39, 0.29) is 5.41 Å². The van der Waals surface area contributed by atoms with E-state index >= 15 is 0 Å². The summed E-state index contributed by atoms with van der Waals surface area (Å²) in [5, 5.41) is 0. The van der Waals surface area contributed by atoms with Crippen molar-refractivity contribution < 1.29 is 4.79 Å². The maximum Gasteiger partial charge on any atom is 0.139 e. The Hall–Kier alpha value is -0.330. The van der Waals surface area contributed by atoms with Crippen LogP contribution in [0, 0.1) is 11.3 Å². The Labute approximate surface area is 93.6 Å². The summed E-state index contributed by atoms with van der Waals surface area (Å²) in [6.45, 7) is 2.25. The minimum atomic E-state index is 0.280. The molecule has 2 fully saturated rings. The van der Waals surface area contributed by atoms with E-state index in [0.717, 1.165) is 18.8 Å². The number of unbranched alkanes of at least 4 members (excludes halogenated alkanes) is 6. The van der Waals surface area contributed by atoms with Crippen molar-refractivity contribution in [2.45, 2.75) is 71.1 Å². The van der Waals surface area contributed by atoms with E-state index in [1.54, 1.807) is 0 Å². The van der Waals surface area contributed by atoms with Gasteiger partial charge in [-0.25, -0.2) is 0 Å². The number of carbonyl (C=O) groups is 1. The molecule has 0 aromatic heterocycles. The highest BCUT2D eigenvalue weighted by Crippen LogP contribution is 2.76. The summed E-state index contributed by atoms with van der Waals surface area (Å²) in [6.07, 6.45) is 12.6. The molecule has 0 bridgehead atoms. The summed E-state index contributed by atoms with van der Waals surface area (Å²) in [5.41, 5.74) is 0.280. The molecule has 0 atom stereocenters. The van der Waals surface area contributed by atoms with E-state index in [0.29, 0.717) is 5.78 Å². The van der Waals surface area contributed by atoms with Gasteiger partial charge in [-0.1, -0.05) is 45.4 Å². The van der Waals surface area contributed by atoms with E-state index in [1.807, 2.05) is 0 Å². The summed E-state index contributed by atoms with van der Waals surface area (Å²) in [5.74, 6) is 1.44. The van der Waals surface area contributed by atoms with Crippen LogP contribution in [0.15, 0.2) is 0 Å². The zero-order chi connectivity index (χ0) is 10.7. The predicted octanol–water partition coefficient (Wildman–Crippen LogP) is 4.11. The molecule has 2 rings (SSSR count). The van der Waals surface area contributed by atoms with Crippen LogP contribution in [0.4, 0.5) is 0 Å². The first-order valence-electron chi connectivity index (χ1n) is 6.83. The average Bonchev–Trinajstić information content (AvgIpc) is 3.03. The molecule has 2 saturated carbocycles. The lowest BCUT2D eigenvalue weighted by atomic mass is 10.0. The Morgan fingerprint density at radius 3 is 2.13 bits per heavy atom. The van der Waals surface area contributed by atoms with E-state index in [9.17, 15) is 4.79 Å². The quantitative estimate of drug-likeness (QED) is 0.521. The number of carbonyl (C=O) groups excluding carboxylic acids is 1. The molecule has 1 heteroatoms. The van der Waals surface area contributed by atoms with Crippen molar-refractivity contribution in [3.05, 3.63) is 0 Å². The number of hydrogen-bond acceptors (Lipinski definition) is 1. The molecular formula is C14H24O. The molecule has 0 amide bonds. The molecule has 0 saturated heterocycles. The average molecular weight is 208 g/mol. The first kappa shape index (κ1) is 11.2. The fourth-order valence-electron chi connectivity index (χ4n) is 2.65. The van der Waals surface area contributed by atoms with Gasteiger partial charge in [0.05, 0.1) is 0 Å². The number of Topliss-reactive ketones (excluding diaryl/α,β-unsaturated/α-hetero) is 1. The molecule has 0 radical (unpaired) electrons. The molecule has 0 aliphatic heterocycles. The van der Waals surface area contributed by atoms with Gasteiger partial charge in [-0.05, 0) is 25.2 Å². The zero-order valence-corrected chi connectivity index (χ0v) is 10.1. The van der Waals surface area contributed by atoms with Crippen LogP contribution < -0.4 is 0 Å². The van der Waals surface area contributed by atoms with Crippen molar-refractivity contribution >= 4 is 5.78 Å². The van der Waals surface area contributed by atoms with E-state index < -0.39 is 0 Å². The Morgan fingerprint density at radius 1 is 1.07 bits per heavy atom. The number of rotatable bonds is 9. The van der Waals surface area contributed by atoms with Gasteiger partial charge in [-0.15, -0.1) is 0 Å². The molecule has 0 aromatic carbocycles. The monoisotopic (exact) mass is 208 g/mol. The Kier molecular flexibility index (Phi) is 3.48. The minimum absolute atomic E-state index is 0.280. The van der Waals surface area contributed by atoms with Gasteiger partial charge in [-0.3, -0.25) is 4.79 Å². The summed E-state index contributed by atoms with van der Waals surface area (Å²) < 4.78 is 0. The van der Waals surface area contributed by atoms with Crippen LogP contribution in [-0.2, 0) is 4.79 Å². The van der Waals surface area contributed by atoms with Crippen LogP contribution in [-0.4, -0.2) is 5.78 Å². The van der Waals surface area contributed by atoms with Crippen LogP contribution in [0.3, 0.4) is 0 Å². The standard InChI is InChI=1S/C14H24O/c1-2-3-4-5-6-7-8-9-13(15)14-10-12(14)11-14/h12H,2-11H2,1H3. The first-order valence-corrected chi connectivity index (χ1v) is 6.83. The van der Waals surface area contributed by atoms with Crippen molar-refractivity contribution in [1.29, 1.82) is 0 Å². The maximum atomic E-state index is 11.7. The second kappa shape index (κ2) is 4.67. The normalized spacial score (nSPS) is 31.1. The third-order valence-electron chi connectivity index (χ3n) is 4.25. The largest absolute Gasteiger partial charge is 0.299 e. The van der Waals surface area contributed by atoms with Crippen molar-refractivity contribution in [2.75, 3.05) is 0 Å². The predicted molar refractivity (Wildman–Crippen MR) is 62.8 cm³/mol. The molecule has 86 valence electrons. The molecule has 0 spiro atoms. The van der Waals surface area contributed by atoms with Crippen molar-refractivity contribution in [2.24, 2.45) is 11.3 Å². The lowest BCUT2D eigenvalue weighted by Crippen LogP contribution is -2.06. The highest BCUT2D eigenvalue weighted by Gasteiger charge is 2.73. The van der Waals surface area contributed by atoms with E-state index in [4.69, 9.17) is 0 Å². The van der Waals surface area contributed by atoms with E-state index in [1.165, 1.54) is 51.4 Å². The van der Waals surface area contributed by atoms with Gasteiger partial charge >= 0.3 is 0 Å². The summed E-state index contributed by atoms with van der Waals surface area (Å²) in [6, 6.07) is 0. The van der Waals surface area contributed by atoms with Gasteiger partial charge in [0.15, 0.2) is 0 Å². The second-order valence-electron chi connectivity index (χ2n) is 5.56. The SMILES string of the molecule is CCCCCCCCCC(=O)C12CC1C2. The third kappa shape index (κ3) is 2.62. The fraction of sp³-hybridized carbons (Fsp3) is 0.929. The number of hydrogen-bond donors (Lipinski definition) is 0. The van der Waals surface area contributed by atoms with Gasteiger partial charge in [0.2, 0.25) is 0 Å². The number of fused-ring (bicyclic) bond motifs is 1. The summed E-state index contributed by atoms with van der Waals surface area (Å²) >= 11 is 0. The molecular weight excluding hydrogens is 184 g/mol. The lowest BCUT2D eigenvalue weighted by Gasteiger charge is -2.03.